The number of hydrogen-bond acceptors (Lipinski definition) is 3. The summed E-state index contributed by atoms with van der Waals surface area (Å²) < 4.78 is 13.6. The minimum absolute atomic E-state index is 0.0931. The maximum atomic E-state index is 13.7. The molecule has 6 heteroatoms. The highest BCUT2D eigenvalue weighted by Gasteiger charge is 2.32. The Bertz CT molecular complexity index is 1160. The van der Waals surface area contributed by atoms with Crippen molar-refractivity contribution < 1.29 is 14.0 Å². The SMILES string of the molecule is Cc1cccc(CSCC(=O)N(Cc2ccc(F)cc2)[C@H](Cc2ccccc2)C(=O)NC2CCCC2)c1. The van der Waals surface area contributed by atoms with E-state index in [0.29, 0.717) is 6.42 Å². The molecule has 1 aliphatic carbocycles. The number of rotatable bonds is 11. The molecule has 0 aliphatic heterocycles. The number of benzene rings is 3. The van der Waals surface area contributed by atoms with E-state index in [1.165, 1.54) is 23.3 Å². The van der Waals surface area contributed by atoms with Crippen LogP contribution in [-0.2, 0) is 28.3 Å². The highest BCUT2D eigenvalue weighted by Crippen LogP contribution is 2.21. The monoisotopic (exact) mass is 518 g/mol. The fraction of sp³-hybridized carbons (Fsp3) is 0.355. The third-order valence-corrected chi connectivity index (χ3v) is 7.80. The van der Waals surface area contributed by atoms with Gasteiger partial charge in [-0.05, 0) is 48.6 Å². The minimum Gasteiger partial charge on any atom is -0.352 e. The number of carbonyl (C=O) groups excluding carboxylic acids is 2. The molecule has 194 valence electrons. The van der Waals surface area contributed by atoms with Crippen LogP contribution in [0, 0.1) is 12.7 Å². The fourth-order valence-corrected chi connectivity index (χ4v) is 5.71. The summed E-state index contributed by atoms with van der Waals surface area (Å²) in [4.78, 5) is 29.0. The molecule has 1 saturated carbocycles. The maximum Gasteiger partial charge on any atom is 0.243 e. The van der Waals surface area contributed by atoms with Gasteiger partial charge in [0, 0.05) is 24.8 Å². The molecule has 4 nitrogen and oxygen atoms in total. The molecule has 2 amide bonds. The van der Waals surface area contributed by atoms with Gasteiger partial charge in [-0.3, -0.25) is 9.59 Å². The van der Waals surface area contributed by atoms with Gasteiger partial charge in [0.2, 0.25) is 11.8 Å². The third kappa shape index (κ3) is 8.19. The summed E-state index contributed by atoms with van der Waals surface area (Å²) in [6.45, 7) is 2.31. The standard InChI is InChI=1S/C31H35FN2O2S/c1-23-8-7-11-26(18-23)21-37-22-30(35)34(20-25-14-16-27(32)17-15-25)29(19-24-9-3-2-4-10-24)31(36)33-28-12-5-6-13-28/h2-4,7-11,14-18,28-29H,5-6,12-13,19-22H2,1H3,(H,33,36)/t29-/m1/s1. The molecule has 3 aromatic rings. The molecule has 3 aromatic carbocycles. The first-order chi connectivity index (χ1) is 18.0. The molecule has 1 atom stereocenters. The zero-order valence-electron chi connectivity index (χ0n) is 21.4. The highest BCUT2D eigenvalue weighted by molar-refractivity contribution is 7.99. The summed E-state index contributed by atoms with van der Waals surface area (Å²) in [5.41, 5.74) is 4.15. The van der Waals surface area contributed by atoms with E-state index in [2.05, 4.69) is 30.4 Å². The predicted molar refractivity (Wildman–Crippen MR) is 149 cm³/mol. The van der Waals surface area contributed by atoms with Gasteiger partial charge in [0.25, 0.3) is 0 Å². The number of nitrogens with zero attached hydrogens (tertiary/aromatic N) is 1. The topological polar surface area (TPSA) is 49.4 Å². The normalized spacial score (nSPS) is 14.3. The molecule has 0 radical (unpaired) electrons. The first kappa shape index (κ1) is 26.9. The van der Waals surface area contributed by atoms with Crippen molar-refractivity contribution in [1.29, 1.82) is 0 Å². The smallest absolute Gasteiger partial charge is 0.243 e. The number of halogens is 1. The van der Waals surface area contributed by atoms with Gasteiger partial charge in [-0.25, -0.2) is 4.39 Å². The van der Waals surface area contributed by atoms with Crippen molar-refractivity contribution in [3.8, 4) is 0 Å². The van der Waals surface area contributed by atoms with Gasteiger partial charge in [-0.2, -0.15) is 0 Å². The summed E-state index contributed by atoms with van der Waals surface area (Å²) in [5, 5.41) is 3.22. The Kier molecular flexibility index (Phi) is 9.78. The molecule has 0 unspecified atom stereocenters. The van der Waals surface area contributed by atoms with Gasteiger partial charge in [-0.15, -0.1) is 11.8 Å². The zero-order chi connectivity index (χ0) is 26.0. The lowest BCUT2D eigenvalue weighted by molar-refractivity contribution is -0.139. The van der Waals surface area contributed by atoms with Crippen LogP contribution in [-0.4, -0.2) is 34.6 Å². The molecule has 1 N–H and O–H groups in total. The molecule has 4 rings (SSSR count). The molecule has 0 spiro atoms. The van der Waals surface area contributed by atoms with Crippen LogP contribution in [0.25, 0.3) is 0 Å². The Balaban J connectivity index is 1.56. The van der Waals surface area contributed by atoms with E-state index in [9.17, 15) is 14.0 Å². The van der Waals surface area contributed by atoms with Crippen LogP contribution >= 0.6 is 11.8 Å². The molecular formula is C31H35FN2O2S. The number of aryl methyl sites for hydroxylation is 1. The molecule has 1 fully saturated rings. The first-order valence-electron chi connectivity index (χ1n) is 13.0. The lowest BCUT2D eigenvalue weighted by Gasteiger charge is -2.32. The van der Waals surface area contributed by atoms with E-state index in [-0.39, 0.29) is 36.0 Å². The van der Waals surface area contributed by atoms with Gasteiger partial charge in [0.05, 0.1) is 5.75 Å². The van der Waals surface area contributed by atoms with Crippen LogP contribution in [0.5, 0.6) is 0 Å². The Morgan fingerprint density at radius 3 is 2.35 bits per heavy atom. The highest BCUT2D eigenvalue weighted by atomic mass is 32.2. The summed E-state index contributed by atoms with van der Waals surface area (Å²) in [5.74, 6) is 0.446. The van der Waals surface area contributed by atoms with Crippen LogP contribution in [0.4, 0.5) is 4.39 Å². The number of hydrogen-bond donors (Lipinski definition) is 1. The lowest BCUT2D eigenvalue weighted by atomic mass is 10.0. The van der Waals surface area contributed by atoms with Gasteiger partial charge < -0.3 is 10.2 Å². The number of thioether (sulfide) groups is 1. The molecule has 0 aromatic heterocycles. The van der Waals surface area contributed by atoms with Crippen molar-refractivity contribution >= 4 is 23.6 Å². The van der Waals surface area contributed by atoms with E-state index in [0.717, 1.165) is 42.6 Å². The number of amides is 2. The summed E-state index contributed by atoms with van der Waals surface area (Å²) in [6.07, 6.45) is 4.60. The average molecular weight is 519 g/mol. The van der Waals surface area contributed by atoms with Crippen molar-refractivity contribution in [3.05, 3.63) is 107 Å². The lowest BCUT2D eigenvalue weighted by Crippen LogP contribution is -2.52. The van der Waals surface area contributed by atoms with Crippen molar-refractivity contribution in [2.75, 3.05) is 5.75 Å². The van der Waals surface area contributed by atoms with Crippen molar-refractivity contribution in [2.45, 2.75) is 63.4 Å². The minimum atomic E-state index is -0.653. The molecule has 0 saturated heterocycles. The van der Waals surface area contributed by atoms with Crippen molar-refractivity contribution in [3.63, 3.8) is 0 Å². The Morgan fingerprint density at radius 1 is 0.946 bits per heavy atom. The van der Waals surface area contributed by atoms with Crippen LogP contribution < -0.4 is 5.32 Å². The maximum absolute atomic E-state index is 13.7. The number of carbonyl (C=O) groups is 2. The van der Waals surface area contributed by atoms with Crippen molar-refractivity contribution in [2.24, 2.45) is 0 Å². The molecule has 37 heavy (non-hydrogen) atoms. The second kappa shape index (κ2) is 13.4. The van der Waals surface area contributed by atoms with Crippen LogP contribution in [0.1, 0.15) is 47.9 Å². The summed E-state index contributed by atoms with van der Waals surface area (Å²) >= 11 is 1.55. The Morgan fingerprint density at radius 2 is 1.65 bits per heavy atom. The van der Waals surface area contributed by atoms with Crippen LogP contribution in [0.2, 0.25) is 0 Å². The van der Waals surface area contributed by atoms with Crippen molar-refractivity contribution in [1.82, 2.24) is 10.2 Å². The average Bonchev–Trinajstić information content (AvgIpc) is 3.41. The van der Waals surface area contributed by atoms with E-state index < -0.39 is 6.04 Å². The number of nitrogens with one attached hydrogen (secondary N) is 1. The Hall–Kier alpha value is -3.12. The molecule has 1 aliphatic rings. The fourth-order valence-electron chi connectivity index (χ4n) is 4.85. The second-order valence-corrected chi connectivity index (χ2v) is 10.8. The summed E-state index contributed by atoms with van der Waals surface area (Å²) in [7, 11) is 0. The van der Waals surface area contributed by atoms with Gasteiger partial charge in [0.1, 0.15) is 11.9 Å². The zero-order valence-corrected chi connectivity index (χ0v) is 22.2. The van der Waals surface area contributed by atoms with Crippen LogP contribution in [0.15, 0.2) is 78.9 Å². The third-order valence-electron chi connectivity index (χ3n) is 6.82. The van der Waals surface area contributed by atoms with Crippen LogP contribution in [0.3, 0.4) is 0 Å². The van der Waals surface area contributed by atoms with E-state index >= 15 is 0 Å². The van der Waals surface area contributed by atoms with Gasteiger partial charge >= 0.3 is 0 Å². The second-order valence-electron chi connectivity index (χ2n) is 9.83. The predicted octanol–water partition coefficient (Wildman–Crippen LogP) is 6.07. The van der Waals surface area contributed by atoms with Gasteiger partial charge in [-0.1, -0.05) is 85.1 Å². The Labute approximate surface area is 223 Å². The molecule has 0 bridgehead atoms. The first-order valence-corrected chi connectivity index (χ1v) is 14.1. The quantitative estimate of drug-likeness (QED) is 0.335. The largest absolute Gasteiger partial charge is 0.352 e. The van der Waals surface area contributed by atoms with E-state index in [4.69, 9.17) is 0 Å². The van der Waals surface area contributed by atoms with E-state index in [1.807, 2.05) is 36.4 Å². The summed E-state index contributed by atoms with van der Waals surface area (Å²) in [6, 6.07) is 23.8. The van der Waals surface area contributed by atoms with Gasteiger partial charge in [0.15, 0.2) is 0 Å². The van der Waals surface area contributed by atoms with E-state index in [1.54, 1.807) is 28.8 Å². The molecular weight excluding hydrogens is 483 g/mol. The molecule has 0 heterocycles.